The molecule has 0 bridgehead atoms. The van der Waals surface area contributed by atoms with Gasteiger partial charge in [0.15, 0.2) is 0 Å². The minimum absolute atomic E-state index is 0.129. The Bertz CT molecular complexity index is 310. The van der Waals surface area contributed by atoms with E-state index in [0.29, 0.717) is 12.3 Å². The fourth-order valence-electron chi connectivity index (χ4n) is 2.24. The third kappa shape index (κ3) is 3.43. The predicted molar refractivity (Wildman–Crippen MR) is 57.9 cm³/mol. The summed E-state index contributed by atoms with van der Waals surface area (Å²) < 4.78 is 15.9. The molecule has 5 nitrogen and oxygen atoms in total. The summed E-state index contributed by atoms with van der Waals surface area (Å²) in [7, 11) is 0. The summed E-state index contributed by atoms with van der Waals surface area (Å²) in [5, 5.41) is 0. The van der Waals surface area contributed by atoms with Crippen LogP contribution in [0.3, 0.4) is 0 Å². The maximum atomic E-state index is 11.0. The molecular formula is C12H18O5. The normalized spacial score (nSPS) is 29.8. The quantitative estimate of drug-likeness (QED) is 0.697. The lowest BCUT2D eigenvalue weighted by Gasteiger charge is -2.23. The van der Waals surface area contributed by atoms with E-state index < -0.39 is 6.29 Å². The molecule has 5 heteroatoms. The van der Waals surface area contributed by atoms with Crippen LogP contribution in [0.25, 0.3) is 0 Å². The lowest BCUT2D eigenvalue weighted by Crippen LogP contribution is -2.33. The lowest BCUT2D eigenvalue weighted by atomic mass is 10.1. The Morgan fingerprint density at radius 1 is 1.12 bits per heavy atom. The molecule has 0 spiro atoms. The second-order valence-electron chi connectivity index (χ2n) is 4.70. The van der Waals surface area contributed by atoms with Gasteiger partial charge in [-0.2, -0.15) is 0 Å². The van der Waals surface area contributed by atoms with E-state index in [4.69, 9.17) is 14.2 Å². The molecule has 17 heavy (non-hydrogen) atoms. The molecule has 1 aliphatic carbocycles. The van der Waals surface area contributed by atoms with Crippen LogP contribution in [0.5, 0.6) is 0 Å². The Kier molecular flexibility index (Phi) is 3.66. The van der Waals surface area contributed by atoms with E-state index in [1.807, 2.05) is 0 Å². The summed E-state index contributed by atoms with van der Waals surface area (Å²) in [6.07, 6.45) is 2.82. The number of hydrogen-bond donors (Lipinski definition) is 0. The van der Waals surface area contributed by atoms with Crippen LogP contribution < -0.4 is 0 Å². The molecular weight excluding hydrogens is 224 g/mol. The zero-order valence-electron chi connectivity index (χ0n) is 10.2. The van der Waals surface area contributed by atoms with Gasteiger partial charge in [0, 0.05) is 20.3 Å². The van der Waals surface area contributed by atoms with Crippen molar-refractivity contribution in [3.8, 4) is 0 Å². The van der Waals surface area contributed by atoms with Gasteiger partial charge in [-0.05, 0) is 25.2 Å². The van der Waals surface area contributed by atoms with Crippen molar-refractivity contribution in [2.45, 2.75) is 58.0 Å². The van der Waals surface area contributed by atoms with Crippen LogP contribution in [0.15, 0.2) is 0 Å². The van der Waals surface area contributed by atoms with Crippen LogP contribution in [0.4, 0.5) is 0 Å². The van der Waals surface area contributed by atoms with Crippen molar-refractivity contribution in [2.24, 2.45) is 5.92 Å². The Labute approximate surface area is 100 Å². The molecule has 1 saturated heterocycles. The van der Waals surface area contributed by atoms with Gasteiger partial charge in [-0.1, -0.05) is 0 Å². The number of esters is 2. The van der Waals surface area contributed by atoms with Gasteiger partial charge < -0.3 is 14.2 Å². The first-order valence-electron chi connectivity index (χ1n) is 6.06. The highest BCUT2D eigenvalue weighted by molar-refractivity contribution is 5.66. The fraction of sp³-hybridized carbons (Fsp3) is 0.833. The van der Waals surface area contributed by atoms with Gasteiger partial charge in [0.25, 0.3) is 0 Å². The van der Waals surface area contributed by atoms with Gasteiger partial charge in [-0.15, -0.1) is 0 Å². The van der Waals surface area contributed by atoms with Gasteiger partial charge in [0.05, 0.1) is 6.10 Å². The van der Waals surface area contributed by atoms with Crippen LogP contribution in [-0.4, -0.2) is 30.4 Å². The van der Waals surface area contributed by atoms with Crippen molar-refractivity contribution in [1.29, 1.82) is 0 Å². The van der Waals surface area contributed by atoms with Gasteiger partial charge in [0.2, 0.25) is 6.29 Å². The molecule has 3 unspecified atom stereocenters. The fourth-order valence-corrected chi connectivity index (χ4v) is 2.24. The van der Waals surface area contributed by atoms with E-state index in [1.165, 1.54) is 13.8 Å². The first-order valence-corrected chi connectivity index (χ1v) is 6.06. The maximum absolute atomic E-state index is 11.0. The van der Waals surface area contributed by atoms with E-state index in [0.717, 1.165) is 19.3 Å². The molecule has 0 N–H and O–H groups in total. The highest BCUT2D eigenvalue weighted by Crippen LogP contribution is 2.40. The Morgan fingerprint density at radius 2 is 1.82 bits per heavy atom. The third-order valence-corrected chi connectivity index (χ3v) is 3.07. The van der Waals surface area contributed by atoms with E-state index in [9.17, 15) is 9.59 Å². The van der Waals surface area contributed by atoms with Gasteiger partial charge in [0.1, 0.15) is 6.10 Å². The SMILES string of the molecule is CC(=O)OC1CCC(C(OC(C)=O)C2CC2)O1. The number of rotatable bonds is 4. The summed E-state index contributed by atoms with van der Waals surface area (Å²) in [5.74, 6) is -0.201. The molecule has 1 heterocycles. The third-order valence-electron chi connectivity index (χ3n) is 3.07. The summed E-state index contributed by atoms with van der Waals surface area (Å²) in [4.78, 5) is 21.9. The minimum Gasteiger partial charge on any atom is -0.459 e. The summed E-state index contributed by atoms with van der Waals surface area (Å²) in [6, 6.07) is 0. The minimum atomic E-state index is -0.477. The van der Waals surface area contributed by atoms with Crippen LogP contribution in [-0.2, 0) is 23.8 Å². The monoisotopic (exact) mass is 242 g/mol. The van der Waals surface area contributed by atoms with Crippen LogP contribution in [0.1, 0.15) is 39.5 Å². The summed E-state index contributed by atoms with van der Waals surface area (Å²) >= 11 is 0. The van der Waals surface area contributed by atoms with E-state index in [2.05, 4.69) is 0 Å². The Morgan fingerprint density at radius 3 is 2.35 bits per heavy atom. The van der Waals surface area contributed by atoms with E-state index in [1.54, 1.807) is 0 Å². The average molecular weight is 242 g/mol. The molecule has 0 aromatic rings. The molecule has 0 aromatic heterocycles. The predicted octanol–water partition coefficient (Wildman–Crippen LogP) is 1.40. The summed E-state index contributed by atoms with van der Waals surface area (Å²) in [5.41, 5.74) is 0. The molecule has 0 aromatic carbocycles. The van der Waals surface area contributed by atoms with E-state index >= 15 is 0 Å². The lowest BCUT2D eigenvalue weighted by molar-refractivity contribution is -0.186. The molecule has 0 radical (unpaired) electrons. The Hall–Kier alpha value is -1.10. The van der Waals surface area contributed by atoms with Gasteiger partial charge in [-0.3, -0.25) is 9.59 Å². The first kappa shape index (κ1) is 12.4. The molecule has 0 amide bonds. The second-order valence-corrected chi connectivity index (χ2v) is 4.70. The topological polar surface area (TPSA) is 61.8 Å². The Balaban J connectivity index is 1.88. The molecule has 2 rings (SSSR count). The van der Waals surface area contributed by atoms with Crippen LogP contribution in [0, 0.1) is 5.92 Å². The molecule has 1 aliphatic heterocycles. The number of ether oxygens (including phenoxy) is 3. The molecule has 3 atom stereocenters. The summed E-state index contributed by atoms with van der Waals surface area (Å²) in [6.45, 7) is 2.77. The van der Waals surface area contributed by atoms with Crippen LogP contribution in [0.2, 0.25) is 0 Å². The van der Waals surface area contributed by atoms with Crippen molar-refractivity contribution >= 4 is 11.9 Å². The molecule has 1 saturated carbocycles. The zero-order chi connectivity index (χ0) is 12.4. The van der Waals surface area contributed by atoms with Crippen molar-refractivity contribution in [2.75, 3.05) is 0 Å². The van der Waals surface area contributed by atoms with Crippen LogP contribution >= 0.6 is 0 Å². The van der Waals surface area contributed by atoms with Crippen molar-refractivity contribution in [1.82, 2.24) is 0 Å². The molecule has 2 fully saturated rings. The highest BCUT2D eigenvalue weighted by Gasteiger charge is 2.43. The van der Waals surface area contributed by atoms with Crippen molar-refractivity contribution < 1.29 is 23.8 Å². The number of carbonyl (C=O) groups excluding carboxylic acids is 2. The van der Waals surface area contributed by atoms with E-state index in [-0.39, 0.29) is 24.1 Å². The first-order chi connectivity index (χ1) is 8.06. The molecule has 96 valence electrons. The van der Waals surface area contributed by atoms with Crippen molar-refractivity contribution in [3.05, 3.63) is 0 Å². The second kappa shape index (κ2) is 5.04. The zero-order valence-corrected chi connectivity index (χ0v) is 10.2. The molecule has 2 aliphatic rings. The largest absolute Gasteiger partial charge is 0.459 e. The van der Waals surface area contributed by atoms with Gasteiger partial charge in [-0.25, -0.2) is 0 Å². The smallest absolute Gasteiger partial charge is 0.304 e. The average Bonchev–Trinajstić information content (AvgIpc) is 2.95. The maximum Gasteiger partial charge on any atom is 0.304 e. The standard InChI is InChI=1S/C12H18O5/c1-7(13)15-11-6-5-10(17-11)12(9-3-4-9)16-8(2)14/h9-12H,3-6H2,1-2H3. The number of carbonyl (C=O) groups is 2. The number of hydrogen-bond acceptors (Lipinski definition) is 5. The highest BCUT2D eigenvalue weighted by atomic mass is 16.7. The van der Waals surface area contributed by atoms with Gasteiger partial charge >= 0.3 is 11.9 Å². The van der Waals surface area contributed by atoms with Crippen molar-refractivity contribution in [3.63, 3.8) is 0 Å².